The molecule has 0 aromatic rings. The number of aliphatic hydroxyl groups is 3. The molecule has 0 aliphatic carbocycles. The van der Waals surface area contributed by atoms with E-state index in [1.165, 1.54) is 6.92 Å². The van der Waals surface area contributed by atoms with Gasteiger partial charge in [0.2, 0.25) is 5.91 Å². The van der Waals surface area contributed by atoms with Crippen LogP contribution in [0.5, 0.6) is 0 Å². The summed E-state index contributed by atoms with van der Waals surface area (Å²) in [5, 5.41) is 40.8. The van der Waals surface area contributed by atoms with Crippen molar-refractivity contribution in [1.29, 1.82) is 0 Å². The lowest BCUT2D eigenvalue weighted by molar-refractivity contribution is -0.196. The van der Waals surface area contributed by atoms with Crippen LogP contribution >= 0.6 is 0 Å². The molecule has 0 aromatic heterocycles. The van der Waals surface area contributed by atoms with E-state index in [1.54, 1.807) is 4.90 Å². The van der Waals surface area contributed by atoms with Gasteiger partial charge in [-0.05, 0) is 26.7 Å². The highest BCUT2D eigenvalue weighted by molar-refractivity contribution is 5.74. The topological polar surface area (TPSA) is 237 Å². The number of aliphatic hydroxyl groups excluding tert-OH is 3. The van der Waals surface area contributed by atoms with E-state index in [0.29, 0.717) is 132 Å². The van der Waals surface area contributed by atoms with Crippen LogP contribution in [0.25, 0.3) is 0 Å². The van der Waals surface area contributed by atoms with Crippen molar-refractivity contribution in [1.82, 2.24) is 26.2 Å². The molecule has 318 valence electrons. The number of hydrogen-bond donors (Lipinski definition) is 7. The zero-order chi connectivity index (χ0) is 39.7. The maximum atomic E-state index is 11.9. The summed E-state index contributed by atoms with van der Waals surface area (Å²) in [5.74, 6) is -0.332. The second-order valence-corrected chi connectivity index (χ2v) is 12.3. The zero-order valence-corrected chi connectivity index (χ0v) is 32.6. The molecule has 54 heavy (non-hydrogen) atoms. The number of carbonyl (C=O) groups excluding carboxylic acids is 3. The molecule has 1 aliphatic heterocycles. The minimum Gasteiger partial charge on any atom is -0.394 e. The van der Waals surface area contributed by atoms with Crippen LogP contribution in [0.3, 0.4) is 0 Å². The summed E-state index contributed by atoms with van der Waals surface area (Å²) in [6, 6.07) is -1.13. The van der Waals surface area contributed by atoms with Crippen molar-refractivity contribution in [2.45, 2.75) is 76.9 Å². The van der Waals surface area contributed by atoms with Gasteiger partial charge in [-0.1, -0.05) is 12.8 Å². The number of carbonyl (C=O) groups is 3. The molecule has 1 aliphatic rings. The van der Waals surface area contributed by atoms with Gasteiger partial charge in [-0.2, -0.15) is 0 Å². The van der Waals surface area contributed by atoms with Gasteiger partial charge < -0.3 is 79.4 Å². The van der Waals surface area contributed by atoms with E-state index in [9.17, 15) is 29.7 Å². The van der Waals surface area contributed by atoms with Crippen molar-refractivity contribution in [2.75, 3.05) is 132 Å². The molecule has 0 spiro atoms. The molecule has 19 nitrogen and oxygen atoms in total. The molecule has 0 bridgehead atoms. The quantitative estimate of drug-likeness (QED) is 0.0388. The number of rotatable bonds is 34. The summed E-state index contributed by atoms with van der Waals surface area (Å²) >= 11 is 0. The van der Waals surface area contributed by atoms with Gasteiger partial charge in [0.05, 0.1) is 105 Å². The Labute approximate surface area is 320 Å². The maximum absolute atomic E-state index is 11.9. The Balaban J connectivity index is 1.81. The Kier molecular flexibility index (Phi) is 31.1. The van der Waals surface area contributed by atoms with Gasteiger partial charge in [-0.15, -0.1) is 0 Å². The van der Waals surface area contributed by atoms with Crippen LogP contribution in [0.1, 0.15) is 46.5 Å². The van der Waals surface area contributed by atoms with Crippen LogP contribution < -0.4 is 21.3 Å². The third kappa shape index (κ3) is 24.9. The Morgan fingerprint density at radius 1 is 0.593 bits per heavy atom. The Bertz CT molecular complexity index is 939. The fraction of sp³-hybridized carbons (Fsp3) is 0.914. The molecule has 5 amide bonds. The smallest absolute Gasteiger partial charge is 0.317 e. The third-order valence-corrected chi connectivity index (χ3v) is 8.17. The van der Waals surface area contributed by atoms with Gasteiger partial charge in [0.15, 0.2) is 0 Å². The first kappa shape index (κ1) is 49.6. The minimum atomic E-state index is -1.28. The number of nitrogens with zero attached hydrogens (tertiary/aromatic N) is 1. The maximum Gasteiger partial charge on any atom is 0.317 e. The molecule has 1 rings (SSSR count). The van der Waals surface area contributed by atoms with E-state index >= 15 is 0 Å². The Morgan fingerprint density at radius 2 is 1.04 bits per heavy atom. The second-order valence-electron chi connectivity index (χ2n) is 12.3. The number of ether oxygens (including phenoxy) is 8. The monoisotopic (exact) mass is 783 g/mol. The van der Waals surface area contributed by atoms with Gasteiger partial charge in [0.25, 0.3) is 0 Å². The number of nitrogens with one attached hydrogen (secondary N) is 4. The van der Waals surface area contributed by atoms with E-state index in [2.05, 4.69) is 21.3 Å². The van der Waals surface area contributed by atoms with Gasteiger partial charge in [0.1, 0.15) is 18.3 Å². The van der Waals surface area contributed by atoms with E-state index in [1.807, 2.05) is 13.8 Å². The van der Waals surface area contributed by atoms with Crippen LogP contribution in [0.2, 0.25) is 0 Å². The largest absolute Gasteiger partial charge is 0.394 e. The highest BCUT2D eigenvalue weighted by Crippen LogP contribution is 2.25. The van der Waals surface area contributed by atoms with Crippen molar-refractivity contribution in [2.24, 2.45) is 0 Å². The predicted octanol–water partition coefficient (Wildman–Crippen LogP) is -1.00. The average Bonchev–Trinajstić information content (AvgIpc) is 3.15. The molecule has 1 saturated heterocycles. The van der Waals surface area contributed by atoms with Crippen molar-refractivity contribution < 1.29 is 67.6 Å². The first-order valence-corrected chi connectivity index (χ1v) is 19.2. The van der Waals surface area contributed by atoms with E-state index in [0.717, 1.165) is 19.3 Å². The van der Waals surface area contributed by atoms with E-state index < -0.39 is 37.1 Å². The highest BCUT2D eigenvalue weighted by Gasteiger charge is 2.44. The lowest BCUT2D eigenvalue weighted by Crippen LogP contribution is -2.63. The summed E-state index contributed by atoms with van der Waals surface area (Å²) in [4.78, 5) is 36.9. The predicted molar refractivity (Wildman–Crippen MR) is 197 cm³/mol. The molecule has 5 atom stereocenters. The first-order valence-electron chi connectivity index (χ1n) is 19.2. The zero-order valence-electron chi connectivity index (χ0n) is 32.6. The fourth-order valence-corrected chi connectivity index (χ4v) is 5.27. The van der Waals surface area contributed by atoms with Gasteiger partial charge >= 0.3 is 12.1 Å². The highest BCUT2D eigenvalue weighted by atomic mass is 16.6. The summed E-state index contributed by atoms with van der Waals surface area (Å²) in [5.41, 5.74) is 0. The normalized spacial score (nSPS) is 19.7. The number of urea groups is 2. The standard InChI is InChI=1S/C35H69N5O14/c1-4-40(5-2)35(46)38-12-16-50-20-22-52-24-26-53-25-23-51-21-19-49-15-11-37-34(45)36-10-14-48-18-17-47-13-8-6-7-9-29-31(39-28(3)42)33(44)32(43)30(27-41)54-29/h29-33,41,43-44H,4-27H2,1-3H3,(H,38,46)(H,39,42)(H2,36,37,45)/t29-,30-,31+,32+,33-/m1/s1. The number of hydrogen-bond acceptors (Lipinski definition) is 14. The minimum absolute atomic E-state index is 0.0825. The molecule has 0 unspecified atom stereocenters. The van der Waals surface area contributed by atoms with Crippen molar-refractivity contribution in [3.63, 3.8) is 0 Å². The molecule has 19 heteroatoms. The molecule has 0 radical (unpaired) electrons. The number of unbranched alkanes of at least 4 members (excludes halogenated alkanes) is 2. The molecule has 7 N–H and O–H groups in total. The van der Waals surface area contributed by atoms with Crippen LogP contribution in [-0.2, 0) is 42.7 Å². The SMILES string of the molecule is CCN(CC)C(=O)NCCOCCOCCOCCOCCOCCNC(=O)NCCOCCOCCCCC[C@H]1O[C@H](CO)[C@H](O)[C@H](O)[C@H]1NC(C)=O. The van der Waals surface area contributed by atoms with Gasteiger partial charge in [-0.25, -0.2) is 9.59 Å². The van der Waals surface area contributed by atoms with E-state index in [4.69, 9.17) is 37.9 Å². The van der Waals surface area contributed by atoms with Crippen LogP contribution in [-0.4, -0.2) is 200 Å². The summed E-state index contributed by atoms with van der Waals surface area (Å²) in [6.45, 7) is 13.3. The Hall–Kier alpha value is -2.43. The number of amides is 5. The lowest BCUT2D eigenvalue weighted by Gasteiger charge is -2.42. The molecule has 1 heterocycles. The van der Waals surface area contributed by atoms with Crippen molar-refractivity contribution >= 4 is 18.0 Å². The van der Waals surface area contributed by atoms with Crippen molar-refractivity contribution in [3.8, 4) is 0 Å². The summed E-state index contributed by atoms with van der Waals surface area (Å²) in [6.07, 6.45) is -0.960. The third-order valence-electron chi connectivity index (χ3n) is 8.17. The lowest BCUT2D eigenvalue weighted by atomic mass is 9.90. The molecule has 0 saturated carbocycles. The average molecular weight is 784 g/mol. The molecular formula is C35H69N5O14. The molecule has 0 aromatic carbocycles. The second kappa shape index (κ2) is 33.9. The van der Waals surface area contributed by atoms with Crippen LogP contribution in [0.15, 0.2) is 0 Å². The van der Waals surface area contributed by atoms with Crippen LogP contribution in [0, 0.1) is 0 Å². The van der Waals surface area contributed by atoms with E-state index in [-0.39, 0.29) is 18.0 Å². The molecular weight excluding hydrogens is 714 g/mol. The van der Waals surface area contributed by atoms with Crippen LogP contribution in [0.4, 0.5) is 9.59 Å². The summed E-state index contributed by atoms with van der Waals surface area (Å²) < 4.78 is 44.0. The van der Waals surface area contributed by atoms with Crippen molar-refractivity contribution in [3.05, 3.63) is 0 Å². The van der Waals surface area contributed by atoms with Gasteiger partial charge in [0, 0.05) is 46.3 Å². The molecule has 1 fully saturated rings. The first-order chi connectivity index (χ1) is 26.2. The Morgan fingerprint density at radius 3 is 1.48 bits per heavy atom. The fourth-order valence-electron chi connectivity index (χ4n) is 5.27. The summed E-state index contributed by atoms with van der Waals surface area (Å²) in [7, 11) is 0. The van der Waals surface area contributed by atoms with Gasteiger partial charge in [-0.3, -0.25) is 4.79 Å².